The van der Waals surface area contributed by atoms with Crippen molar-refractivity contribution in [3.63, 3.8) is 0 Å². The maximum absolute atomic E-state index is 12.0. The topological polar surface area (TPSA) is 112 Å². The van der Waals surface area contributed by atoms with E-state index in [1.165, 1.54) is 18.0 Å². The summed E-state index contributed by atoms with van der Waals surface area (Å²) in [6.45, 7) is 7.83. The normalized spacial score (nSPS) is 10.7. The number of thioether (sulfide) groups is 1. The van der Waals surface area contributed by atoms with Gasteiger partial charge in [-0.05, 0) is 57.5 Å². The Labute approximate surface area is 185 Å². The van der Waals surface area contributed by atoms with Gasteiger partial charge in [-0.25, -0.2) is 20.2 Å². The summed E-state index contributed by atoms with van der Waals surface area (Å²) >= 11 is 1.24. The average molecular weight is 447 g/mol. The maximum atomic E-state index is 12.0. The Hall–Kier alpha value is -3.14. The molecule has 1 amide bonds. The third-order valence-electron chi connectivity index (χ3n) is 3.62. The van der Waals surface area contributed by atoms with Gasteiger partial charge in [-0.2, -0.15) is 5.10 Å². The van der Waals surface area contributed by atoms with Gasteiger partial charge in [0.25, 0.3) is 5.91 Å². The van der Waals surface area contributed by atoms with Crippen molar-refractivity contribution < 1.29 is 23.8 Å². The first-order valence-corrected chi connectivity index (χ1v) is 10.7. The minimum atomic E-state index is -0.456. The van der Waals surface area contributed by atoms with Crippen LogP contribution in [0.5, 0.6) is 11.5 Å². The van der Waals surface area contributed by atoms with Crippen molar-refractivity contribution in [1.82, 2.24) is 15.4 Å². The second kappa shape index (κ2) is 12.5. The van der Waals surface area contributed by atoms with Gasteiger partial charge in [-0.3, -0.25) is 4.79 Å². The quantitative estimate of drug-likeness (QED) is 0.184. The molecule has 2 rings (SSSR count). The number of hydrogen-bond donors (Lipinski definition) is 1. The Morgan fingerprint density at radius 2 is 1.81 bits per heavy atom. The highest BCUT2D eigenvalue weighted by Gasteiger charge is 2.10. The van der Waals surface area contributed by atoms with Gasteiger partial charge in [0.05, 0.1) is 25.2 Å². The number of benzene rings is 1. The summed E-state index contributed by atoms with van der Waals surface area (Å²) in [4.78, 5) is 32.1. The molecule has 0 spiro atoms. The van der Waals surface area contributed by atoms with Crippen LogP contribution in [0.2, 0.25) is 0 Å². The highest BCUT2D eigenvalue weighted by Crippen LogP contribution is 2.28. The largest absolute Gasteiger partial charge is 0.490 e. The van der Waals surface area contributed by atoms with Crippen molar-refractivity contribution >= 4 is 29.9 Å². The molecule has 0 saturated heterocycles. The number of nitrogens with one attached hydrogen (secondary N) is 1. The monoisotopic (exact) mass is 446 g/mol. The molecule has 1 heterocycles. The van der Waals surface area contributed by atoms with Crippen molar-refractivity contribution in [3.05, 3.63) is 41.2 Å². The van der Waals surface area contributed by atoms with Crippen LogP contribution in [0.1, 0.15) is 30.8 Å². The zero-order valence-electron chi connectivity index (χ0n) is 18.0. The van der Waals surface area contributed by atoms with Crippen LogP contribution in [0.15, 0.2) is 34.5 Å². The molecule has 0 aliphatic heterocycles. The predicted molar refractivity (Wildman–Crippen MR) is 118 cm³/mol. The van der Waals surface area contributed by atoms with Gasteiger partial charge in [0, 0.05) is 11.4 Å². The molecule has 0 fully saturated rings. The molecule has 0 aliphatic rings. The van der Waals surface area contributed by atoms with E-state index in [1.54, 1.807) is 25.1 Å². The summed E-state index contributed by atoms with van der Waals surface area (Å²) in [5, 5.41) is 4.52. The number of hydrogen-bond acceptors (Lipinski definition) is 9. The molecular formula is C21H26N4O5S. The van der Waals surface area contributed by atoms with E-state index >= 15 is 0 Å². The van der Waals surface area contributed by atoms with Crippen LogP contribution in [0.4, 0.5) is 0 Å². The first kappa shape index (κ1) is 24.1. The maximum Gasteiger partial charge on any atom is 0.344 e. The highest BCUT2D eigenvalue weighted by molar-refractivity contribution is 7.99. The number of nitrogens with zero attached hydrogens (tertiary/aromatic N) is 3. The fraction of sp³-hybridized carbons (Fsp3) is 0.381. The van der Waals surface area contributed by atoms with Gasteiger partial charge in [0.15, 0.2) is 23.3 Å². The summed E-state index contributed by atoms with van der Waals surface area (Å²) in [6.07, 6.45) is 1.49. The lowest BCUT2D eigenvalue weighted by molar-refractivity contribution is -0.145. The SMILES string of the molecule is CCOC(=O)COc1ccc(/C=N\NC(=O)CSc2nc(C)cc(C)n2)cc1OCC. The van der Waals surface area contributed by atoms with E-state index in [1.807, 2.05) is 26.8 Å². The van der Waals surface area contributed by atoms with Gasteiger partial charge in [-0.15, -0.1) is 0 Å². The van der Waals surface area contributed by atoms with E-state index in [4.69, 9.17) is 14.2 Å². The zero-order valence-corrected chi connectivity index (χ0v) is 18.8. The number of carbonyl (C=O) groups is 2. The minimum Gasteiger partial charge on any atom is -0.490 e. The van der Waals surface area contributed by atoms with Gasteiger partial charge in [0.1, 0.15) is 0 Å². The Bertz CT molecular complexity index is 916. The first-order chi connectivity index (χ1) is 14.9. The van der Waals surface area contributed by atoms with Crippen LogP contribution in [0.25, 0.3) is 0 Å². The van der Waals surface area contributed by atoms with E-state index in [0.717, 1.165) is 11.4 Å². The van der Waals surface area contributed by atoms with E-state index in [9.17, 15) is 9.59 Å². The molecule has 0 aliphatic carbocycles. The molecule has 9 nitrogen and oxygen atoms in total. The van der Waals surface area contributed by atoms with Gasteiger partial charge in [0.2, 0.25) is 0 Å². The molecule has 0 saturated carbocycles. The smallest absolute Gasteiger partial charge is 0.344 e. The summed E-state index contributed by atoms with van der Waals surface area (Å²) in [5.74, 6) is 0.293. The van der Waals surface area contributed by atoms with Gasteiger partial charge < -0.3 is 14.2 Å². The fourth-order valence-corrected chi connectivity index (χ4v) is 3.17. The van der Waals surface area contributed by atoms with E-state index in [-0.39, 0.29) is 24.9 Å². The lowest BCUT2D eigenvalue weighted by Crippen LogP contribution is -2.19. The van der Waals surface area contributed by atoms with Crippen molar-refractivity contribution in [2.75, 3.05) is 25.6 Å². The molecule has 10 heteroatoms. The number of esters is 1. The summed E-state index contributed by atoms with van der Waals surface area (Å²) in [6, 6.07) is 6.98. The summed E-state index contributed by atoms with van der Waals surface area (Å²) in [7, 11) is 0. The van der Waals surface area contributed by atoms with Crippen LogP contribution in [-0.4, -0.2) is 53.6 Å². The molecule has 0 atom stereocenters. The number of ether oxygens (including phenoxy) is 3. The van der Waals surface area contributed by atoms with E-state index in [2.05, 4.69) is 20.5 Å². The van der Waals surface area contributed by atoms with Crippen LogP contribution >= 0.6 is 11.8 Å². The number of rotatable bonds is 11. The molecule has 1 N–H and O–H groups in total. The third kappa shape index (κ3) is 8.63. The Balaban J connectivity index is 1.91. The van der Waals surface area contributed by atoms with Crippen LogP contribution in [-0.2, 0) is 14.3 Å². The average Bonchev–Trinajstić information content (AvgIpc) is 2.71. The highest BCUT2D eigenvalue weighted by atomic mass is 32.2. The number of carbonyl (C=O) groups excluding carboxylic acids is 2. The Morgan fingerprint density at radius 3 is 2.48 bits per heavy atom. The van der Waals surface area contributed by atoms with Crippen molar-refractivity contribution in [2.24, 2.45) is 5.10 Å². The standard InChI is InChI=1S/C21H26N4O5S/c1-5-28-18-10-16(7-8-17(18)30-12-20(27)29-6-2)11-22-25-19(26)13-31-21-23-14(3)9-15(4)24-21/h7-11H,5-6,12-13H2,1-4H3,(H,25,26)/b22-11-. The van der Waals surface area contributed by atoms with Crippen molar-refractivity contribution in [2.45, 2.75) is 32.9 Å². The number of aromatic nitrogens is 2. The Kier molecular flexibility index (Phi) is 9.76. The second-order valence-electron chi connectivity index (χ2n) is 6.25. The van der Waals surface area contributed by atoms with Gasteiger partial charge in [-0.1, -0.05) is 11.8 Å². The molecule has 2 aromatic rings. The summed E-state index contributed by atoms with van der Waals surface area (Å²) < 4.78 is 15.9. The second-order valence-corrected chi connectivity index (χ2v) is 7.19. The van der Waals surface area contributed by atoms with Crippen molar-refractivity contribution in [3.8, 4) is 11.5 Å². The number of hydrazone groups is 1. The van der Waals surface area contributed by atoms with Crippen LogP contribution < -0.4 is 14.9 Å². The minimum absolute atomic E-state index is 0.144. The predicted octanol–water partition coefficient (Wildman–Crippen LogP) is 2.68. The van der Waals surface area contributed by atoms with E-state index < -0.39 is 5.97 Å². The van der Waals surface area contributed by atoms with Crippen molar-refractivity contribution in [1.29, 1.82) is 0 Å². The third-order valence-corrected chi connectivity index (χ3v) is 4.46. The molecule has 0 radical (unpaired) electrons. The number of amides is 1. The molecule has 1 aromatic carbocycles. The molecule has 0 unspecified atom stereocenters. The van der Waals surface area contributed by atoms with Crippen LogP contribution in [0, 0.1) is 13.8 Å². The summed E-state index contributed by atoms with van der Waals surface area (Å²) in [5.41, 5.74) is 4.87. The lowest BCUT2D eigenvalue weighted by Gasteiger charge is -2.12. The molecule has 31 heavy (non-hydrogen) atoms. The van der Waals surface area contributed by atoms with Crippen LogP contribution in [0.3, 0.4) is 0 Å². The lowest BCUT2D eigenvalue weighted by atomic mass is 10.2. The molecular weight excluding hydrogens is 420 g/mol. The van der Waals surface area contributed by atoms with E-state index in [0.29, 0.717) is 28.8 Å². The molecule has 0 bridgehead atoms. The fourth-order valence-electron chi connectivity index (χ4n) is 2.43. The van der Waals surface area contributed by atoms with Gasteiger partial charge >= 0.3 is 5.97 Å². The molecule has 1 aromatic heterocycles. The molecule has 166 valence electrons. The zero-order chi connectivity index (χ0) is 22.6. The Morgan fingerprint density at radius 1 is 1.06 bits per heavy atom. The number of aryl methyl sites for hydroxylation is 2. The first-order valence-electron chi connectivity index (χ1n) is 9.73.